The predicted molar refractivity (Wildman–Crippen MR) is 58.9 cm³/mol. The minimum atomic E-state index is -0.524. The molecule has 0 saturated carbocycles. The Morgan fingerprint density at radius 2 is 2.38 bits per heavy atom. The highest BCUT2D eigenvalue weighted by Crippen LogP contribution is 2.22. The van der Waals surface area contributed by atoms with Crippen molar-refractivity contribution >= 4 is 21.7 Å². The highest BCUT2D eigenvalue weighted by molar-refractivity contribution is 9.10. The first-order chi connectivity index (χ1) is 7.58. The number of imidazole rings is 1. The molecule has 2 aromatic heterocycles. The van der Waals surface area contributed by atoms with Crippen LogP contribution in [0.25, 0.3) is 0 Å². The molecule has 0 unspecified atom stereocenters. The van der Waals surface area contributed by atoms with Gasteiger partial charge in [-0.2, -0.15) is 4.68 Å². The average Bonchev–Trinajstić information content (AvgIpc) is 2.75. The van der Waals surface area contributed by atoms with E-state index in [0.29, 0.717) is 11.0 Å². The Balaban J connectivity index is 2.26. The van der Waals surface area contributed by atoms with Crippen molar-refractivity contribution in [1.29, 1.82) is 0 Å². The van der Waals surface area contributed by atoms with Crippen molar-refractivity contribution in [2.45, 2.75) is 6.54 Å². The molecule has 0 aliphatic carbocycles. The maximum Gasteiger partial charge on any atom is 0.404 e. The minimum Gasteiger partial charge on any atom is -0.358 e. The number of halogens is 1. The molecule has 7 nitrogen and oxygen atoms in total. The first kappa shape index (κ1) is 10.8. The van der Waals surface area contributed by atoms with E-state index in [-0.39, 0.29) is 5.82 Å². The van der Waals surface area contributed by atoms with E-state index in [2.05, 4.69) is 26.0 Å². The van der Waals surface area contributed by atoms with Gasteiger partial charge in [0.1, 0.15) is 11.0 Å². The van der Waals surface area contributed by atoms with E-state index in [1.54, 1.807) is 18.7 Å². The smallest absolute Gasteiger partial charge is 0.358 e. The van der Waals surface area contributed by atoms with Gasteiger partial charge in [0.05, 0.1) is 29.5 Å². The van der Waals surface area contributed by atoms with Crippen LogP contribution in [0.2, 0.25) is 0 Å². The van der Waals surface area contributed by atoms with E-state index < -0.39 is 4.92 Å². The summed E-state index contributed by atoms with van der Waals surface area (Å²) in [5.41, 5.74) is 0.921. The number of nitro groups is 1. The summed E-state index contributed by atoms with van der Waals surface area (Å²) >= 11 is 3.09. The summed E-state index contributed by atoms with van der Waals surface area (Å²) in [5, 5.41) is 14.4. The Morgan fingerprint density at radius 3 is 2.88 bits per heavy atom. The largest absolute Gasteiger partial charge is 0.404 e. The highest BCUT2D eigenvalue weighted by Gasteiger charge is 2.18. The van der Waals surface area contributed by atoms with E-state index in [1.807, 2.05) is 11.6 Å². The molecule has 0 aromatic carbocycles. The van der Waals surface area contributed by atoms with Crippen LogP contribution < -0.4 is 0 Å². The maximum atomic E-state index is 10.6. The van der Waals surface area contributed by atoms with Crippen LogP contribution in [0.3, 0.4) is 0 Å². The van der Waals surface area contributed by atoms with Gasteiger partial charge >= 0.3 is 5.82 Å². The Morgan fingerprint density at radius 1 is 1.62 bits per heavy atom. The minimum absolute atomic E-state index is 0.179. The molecular weight excluding hydrogens is 278 g/mol. The summed E-state index contributed by atoms with van der Waals surface area (Å²) in [6.45, 7) is 0.447. The summed E-state index contributed by atoms with van der Waals surface area (Å²) in [5.74, 6) is -0.179. The third kappa shape index (κ3) is 1.96. The topological polar surface area (TPSA) is 78.8 Å². The summed E-state index contributed by atoms with van der Waals surface area (Å²) in [6.07, 6.45) is 4.94. The van der Waals surface area contributed by atoms with E-state index in [0.717, 1.165) is 5.69 Å². The van der Waals surface area contributed by atoms with Crippen LogP contribution in [0.15, 0.2) is 23.2 Å². The molecule has 0 atom stereocenters. The first-order valence-corrected chi connectivity index (χ1v) is 5.20. The molecule has 0 aliphatic heterocycles. The van der Waals surface area contributed by atoms with Crippen molar-refractivity contribution in [2.75, 3.05) is 0 Å². The molecule has 0 aliphatic rings. The molecule has 0 spiro atoms. The Bertz CT molecular complexity index is 532. The summed E-state index contributed by atoms with van der Waals surface area (Å²) in [4.78, 5) is 14.0. The lowest BCUT2D eigenvalue weighted by Gasteiger charge is -1.98. The van der Waals surface area contributed by atoms with Crippen molar-refractivity contribution in [1.82, 2.24) is 19.3 Å². The molecule has 0 radical (unpaired) electrons. The third-order valence-electron chi connectivity index (χ3n) is 2.11. The Kier molecular flexibility index (Phi) is 2.73. The summed E-state index contributed by atoms with van der Waals surface area (Å²) in [7, 11) is 1.86. The van der Waals surface area contributed by atoms with Crippen molar-refractivity contribution < 1.29 is 4.92 Å². The zero-order valence-electron chi connectivity index (χ0n) is 8.37. The fourth-order valence-electron chi connectivity index (χ4n) is 1.29. The lowest BCUT2D eigenvalue weighted by molar-refractivity contribution is -0.390. The average molecular weight is 286 g/mol. The fraction of sp³-hybridized carbons (Fsp3) is 0.250. The zero-order chi connectivity index (χ0) is 11.7. The van der Waals surface area contributed by atoms with E-state index >= 15 is 0 Å². The molecule has 0 amide bonds. The Hall–Kier alpha value is -1.70. The monoisotopic (exact) mass is 285 g/mol. The van der Waals surface area contributed by atoms with Crippen molar-refractivity contribution in [3.8, 4) is 0 Å². The summed E-state index contributed by atoms with van der Waals surface area (Å²) < 4.78 is 3.71. The number of aromatic nitrogens is 4. The van der Waals surface area contributed by atoms with Crippen molar-refractivity contribution in [2.24, 2.45) is 7.05 Å². The molecular formula is C8H8BrN5O2. The number of nitrogens with zero attached hydrogens (tertiary/aromatic N) is 5. The lowest BCUT2D eigenvalue weighted by Crippen LogP contribution is -2.05. The van der Waals surface area contributed by atoms with Crippen LogP contribution >= 0.6 is 15.9 Å². The fourth-order valence-corrected chi connectivity index (χ4v) is 1.75. The molecule has 2 heterocycles. The second-order valence-electron chi connectivity index (χ2n) is 3.25. The number of hydrogen-bond acceptors (Lipinski definition) is 4. The van der Waals surface area contributed by atoms with Gasteiger partial charge in [0, 0.05) is 7.05 Å². The van der Waals surface area contributed by atoms with Gasteiger partial charge in [-0.1, -0.05) is 0 Å². The normalized spacial score (nSPS) is 10.6. The van der Waals surface area contributed by atoms with Gasteiger partial charge in [0.25, 0.3) is 0 Å². The predicted octanol–water partition coefficient (Wildman–Crippen LogP) is 1.34. The number of rotatable bonds is 3. The Labute approximate surface area is 99.0 Å². The van der Waals surface area contributed by atoms with Gasteiger partial charge in [-0.3, -0.25) is 0 Å². The second kappa shape index (κ2) is 4.05. The van der Waals surface area contributed by atoms with Crippen molar-refractivity contribution in [3.05, 3.63) is 39.0 Å². The zero-order valence-corrected chi connectivity index (χ0v) is 9.96. The quantitative estimate of drug-likeness (QED) is 0.630. The molecule has 16 heavy (non-hydrogen) atoms. The van der Waals surface area contributed by atoms with Gasteiger partial charge < -0.3 is 14.7 Å². The first-order valence-electron chi connectivity index (χ1n) is 4.40. The van der Waals surface area contributed by atoms with E-state index in [4.69, 9.17) is 0 Å². The van der Waals surface area contributed by atoms with Crippen molar-refractivity contribution in [3.63, 3.8) is 0 Å². The standard InChI is InChI=1S/C8H8BrN5O2/c1-12-5-10-2-6(12)3-13-4-7(9)8(11-13)14(15)16/h2,4-5H,3H2,1H3. The molecule has 2 rings (SSSR count). The van der Waals surface area contributed by atoms with E-state index in [1.165, 1.54) is 4.68 Å². The molecule has 8 heteroatoms. The van der Waals surface area contributed by atoms with Crippen LogP contribution in [0.5, 0.6) is 0 Å². The lowest BCUT2D eigenvalue weighted by atomic mass is 10.5. The highest BCUT2D eigenvalue weighted by atomic mass is 79.9. The van der Waals surface area contributed by atoms with Gasteiger partial charge in [0.2, 0.25) is 0 Å². The van der Waals surface area contributed by atoms with Crippen LogP contribution in [0.4, 0.5) is 5.82 Å². The molecule has 0 saturated heterocycles. The SMILES string of the molecule is Cn1cncc1Cn1cc(Br)c([N+](=O)[O-])n1. The molecule has 0 fully saturated rings. The molecule has 0 bridgehead atoms. The van der Waals surface area contributed by atoms with Gasteiger partial charge in [-0.25, -0.2) is 4.98 Å². The van der Waals surface area contributed by atoms with E-state index in [9.17, 15) is 10.1 Å². The van der Waals surface area contributed by atoms with Crippen LogP contribution in [0.1, 0.15) is 5.69 Å². The molecule has 0 N–H and O–H groups in total. The van der Waals surface area contributed by atoms with Gasteiger partial charge in [0.15, 0.2) is 0 Å². The van der Waals surface area contributed by atoms with Crippen LogP contribution in [0, 0.1) is 10.1 Å². The maximum absolute atomic E-state index is 10.6. The van der Waals surface area contributed by atoms with Gasteiger partial charge in [-0.05, 0) is 20.9 Å². The second-order valence-corrected chi connectivity index (χ2v) is 4.11. The van der Waals surface area contributed by atoms with Gasteiger partial charge in [-0.15, -0.1) is 0 Å². The number of aryl methyl sites for hydroxylation is 1. The third-order valence-corrected chi connectivity index (χ3v) is 2.67. The number of hydrogen-bond donors (Lipinski definition) is 0. The van der Waals surface area contributed by atoms with Crippen LogP contribution in [-0.4, -0.2) is 24.3 Å². The molecule has 84 valence electrons. The van der Waals surface area contributed by atoms with Crippen LogP contribution in [-0.2, 0) is 13.6 Å². The summed E-state index contributed by atoms with van der Waals surface area (Å²) in [6, 6.07) is 0. The molecule has 2 aromatic rings.